The highest BCUT2D eigenvalue weighted by molar-refractivity contribution is 7.99. The monoisotopic (exact) mass is 247 g/mol. The summed E-state index contributed by atoms with van der Waals surface area (Å²) in [6.45, 7) is 9.96. The first-order valence-electron chi connectivity index (χ1n) is 6.32. The Labute approximate surface area is 108 Å². The normalized spacial score (nSPS) is 11.6. The van der Waals surface area contributed by atoms with Crippen molar-refractivity contribution >= 4 is 22.7 Å². The van der Waals surface area contributed by atoms with E-state index in [0.717, 1.165) is 12.3 Å². The van der Waals surface area contributed by atoms with Gasteiger partial charge in [-0.05, 0) is 42.2 Å². The van der Waals surface area contributed by atoms with Crippen LogP contribution in [0.5, 0.6) is 0 Å². The SMILES string of the molecule is CCn1c(CSC(C)C)cc2ccc(C)cc21. The van der Waals surface area contributed by atoms with Crippen molar-refractivity contribution in [2.45, 2.75) is 45.2 Å². The first-order chi connectivity index (χ1) is 8.11. The average Bonchev–Trinajstić information content (AvgIpc) is 2.63. The number of thioether (sulfide) groups is 1. The number of hydrogen-bond donors (Lipinski definition) is 0. The van der Waals surface area contributed by atoms with Crippen LogP contribution in [0.25, 0.3) is 10.9 Å². The lowest BCUT2D eigenvalue weighted by atomic mass is 10.2. The number of nitrogens with zero attached hydrogens (tertiary/aromatic N) is 1. The van der Waals surface area contributed by atoms with Gasteiger partial charge in [-0.3, -0.25) is 0 Å². The summed E-state index contributed by atoms with van der Waals surface area (Å²) in [5.74, 6) is 1.11. The highest BCUT2D eigenvalue weighted by Gasteiger charge is 2.08. The molecule has 0 bridgehead atoms. The highest BCUT2D eigenvalue weighted by Crippen LogP contribution is 2.25. The molecule has 2 heteroatoms. The molecule has 92 valence electrons. The van der Waals surface area contributed by atoms with Crippen molar-refractivity contribution in [2.24, 2.45) is 0 Å². The van der Waals surface area contributed by atoms with Crippen molar-refractivity contribution in [1.29, 1.82) is 0 Å². The molecule has 0 aliphatic rings. The second-order valence-electron chi connectivity index (χ2n) is 4.80. The number of hydrogen-bond acceptors (Lipinski definition) is 1. The number of benzene rings is 1. The third-order valence-corrected chi connectivity index (χ3v) is 4.16. The molecule has 1 heterocycles. The second-order valence-corrected chi connectivity index (χ2v) is 6.37. The Bertz CT molecular complexity index is 511. The summed E-state index contributed by atoms with van der Waals surface area (Å²) < 4.78 is 2.44. The van der Waals surface area contributed by atoms with Gasteiger partial charge in [0.15, 0.2) is 0 Å². The van der Waals surface area contributed by atoms with Crippen LogP contribution in [0, 0.1) is 6.92 Å². The topological polar surface area (TPSA) is 4.93 Å². The minimum absolute atomic E-state index is 0.694. The van der Waals surface area contributed by atoms with Gasteiger partial charge in [-0.1, -0.05) is 26.0 Å². The van der Waals surface area contributed by atoms with Crippen LogP contribution in [-0.4, -0.2) is 9.82 Å². The minimum atomic E-state index is 0.694. The maximum absolute atomic E-state index is 2.44. The zero-order valence-electron chi connectivity index (χ0n) is 11.2. The zero-order chi connectivity index (χ0) is 12.4. The molecule has 0 spiro atoms. The Hall–Kier alpha value is -0.890. The van der Waals surface area contributed by atoms with E-state index < -0.39 is 0 Å². The van der Waals surface area contributed by atoms with Crippen LogP contribution >= 0.6 is 11.8 Å². The lowest BCUT2D eigenvalue weighted by Crippen LogP contribution is -2.00. The number of rotatable bonds is 4. The maximum Gasteiger partial charge on any atom is 0.0485 e. The molecule has 1 aromatic heterocycles. The third-order valence-electron chi connectivity index (χ3n) is 3.03. The molecule has 0 aliphatic heterocycles. The predicted molar refractivity (Wildman–Crippen MR) is 78.8 cm³/mol. The van der Waals surface area contributed by atoms with Crippen molar-refractivity contribution in [3.63, 3.8) is 0 Å². The number of aromatic nitrogens is 1. The fourth-order valence-electron chi connectivity index (χ4n) is 2.17. The summed E-state index contributed by atoms with van der Waals surface area (Å²) >= 11 is 2.01. The van der Waals surface area contributed by atoms with E-state index in [4.69, 9.17) is 0 Å². The van der Waals surface area contributed by atoms with Crippen molar-refractivity contribution < 1.29 is 0 Å². The first-order valence-corrected chi connectivity index (χ1v) is 7.37. The molecule has 0 amide bonds. The average molecular weight is 247 g/mol. The molecule has 0 N–H and O–H groups in total. The smallest absolute Gasteiger partial charge is 0.0485 e. The Morgan fingerprint density at radius 2 is 2.00 bits per heavy atom. The van der Waals surface area contributed by atoms with E-state index >= 15 is 0 Å². The summed E-state index contributed by atoms with van der Waals surface area (Å²) in [5, 5.41) is 2.07. The molecule has 0 unspecified atom stereocenters. The summed E-state index contributed by atoms with van der Waals surface area (Å²) in [5.41, 5.74) is 4.17. The number of aryl methyl sites for hydroxylation is 2. The predicted octanol–water partition coefficient (Wildman–Crippen LogP) is 4.61. The molecular weight excluding hydrogens is 226 g/mol. The number of fused-ring (bicyclic) bond motifs is 1. The summed E-state index contributed by atoms with van der Waals surface area (Å²) in [7, 11) is 0. The molecule has 17 heavy (non-hydrogen) atoms. The molecule has 1 nitrogen and oxygen atoms in total. The van der Waals surface area contributed by atoms with Crippen LogP contribution in [0.4, 0.5) is 0 Å². The fraction of sp³-hybridized carbons (Fsp3) is 0.467. The molecule has 0 radical (unpaired) electrons. The molecule has 0 saturated heterocycles. The van der Waals surface area contributed by atoms with E-state index in [0.29, 0.717) is 5.25 Å². The van der Waals surface area contributed by atoms with Gasteiger partial charge < -0.3 is 4.57 Å². The Morgan fingerprint density at radius 3 is 2.65 bits per heavy atom. The maximum atomic E-state index is 2.44. The van der Waals surface area contributed by atoms with Crippen molar-refractivity contribution in [3.8, 4) is 0 Å². The van der Waals surface area contributed by atoms with E-state index in [1.807, 2.05) is 11.8 Å². The molecule has 2 rings (SSSR count). The fourth-order valence-corrected chi connectivity index (χ4v) is 2.91. The molecule has 2 aromatic rings. The van der Waals surface area contributed by atoms with Crippen molar-refractivity contribution in [2.75, 3.05) is 0 Å². The van der Waals surface area contributed by atoms with E-state index in [9.17, 15) is 0 Å². The van der Waals surface area contributed by atoms with Crippen LogP contribution in [0.15, 0.2) is 24.3 Å². The highest BCUT2D eigenvalue weighted by atomic mass is 32.2. The molecule has 0 saturated carbocycles. The summed E-state index contributed by atoms with van der Waals surface area (Å²) in [6, 6.07) is 9.07. The van der Waals surface area contributed by atoms with Crippen LogP contribution in [-0.2, 0) is 12.3 Å². The van der Waals surface area contributed by atoms with Gasteiger partial charge in [0.2, 0.25) is 0 Å². The van der Waals surface area contributed by atoms with Gasteiger partial charge in [-0.2, -0.15) is 11.8 Å². The Kier molecular flexibility index (Phi) is 3.82. The van der Waals surface area contributed by atoms with Crippen LogP contribution in [0.2, 0.25) is 0 Å². The molecule has 0 aliphatic carbocycles. The Morgan fingerprint density at radius 1 is 1.24 bits per heavy atom. The van der Waals surface area contributed by atoms with E-state index in [1.165, 1.54) is 22.2 Å². The van der Waals surface area contributed by atoms with Gasteiger partial charge in [0.25, 0.3) is 0 Å². The van der Waals surface area contributed by atoms with Gasteiger partial charge in [0, 0.05) is 23.5 Å². The molecule has 0 atom stereocenters. The lowest BCUT2D eigenvalue weighted by molar-refractivity contribution is 0.765. The standard InChI is InChI=1S/C15H21NS/c1-5-16-14(10-17-11(2)3)9-13-7-6-12(4)8-15(13)16/h6-9,11H,5,10H2,1-4H3. The third kappa shape index (κ3) is 2.68. The van der Waals surface area contributed by atoms with Crippen LogP contribution in [0.1, 0.15) is 32.0 Å². The van der Waals surface area contributed by atoms with Crippen LogP contribution < -0.4 is 0 Å². The zero-order valence-corrected chi connectivity index (χ0v) is 12.0. The minimum Gasteiger partial charge on any atom is -0.344 e. The van der Waals surface area contributed by atoms with Crippen molar-refractivity contribution in [3.05, 3.63) is 35.5 Å². The quantitative estimate of drug-likeness (QED) is 0.763. The molecule has 1 aromatic carbocycles. The van der Waals surface area contributed by atoms with E-state index in [2.05, 4.69) is 56.5 Å². The van der Waals surface area contributed by atoms with Gasteiger partial charge >= 0.3 is 0 Å². The summed E-state index contributed by atoms with van der Waals surface area (Å²) in [4.78, 5) is 0. The first kappa shape index (κ1) is 12.6. The van der Waals surface area contributed by atoms with E-state index in [-0.39, 0.29) is 0 Å². The van der Waals surface area contributed by atoms with Gasteiger partial charge in [-0.25, -0.2) is 0 Å². The van der Waals surface area contributed by atoms with E-state index in [1.54, 1.807) is 0 Å². The molecule has 0 fully saturated rings. The Balaban J connectivity index is 2.41. The van der Waals surface area contributed by atoms with Crippen LogP contribution in [0.3, 0.4) is 0 Å². The van der Waals surface area contributed by atoms with Gasteiger partial charge in [0.05, 0.1) is 0 Å². The van der Waals surface area contributed by atoms with Gasteiger partial charge in [0.1, 0.15) is 0 Å². The largest absolute Gasteiger partial charge is 0.344 e. The second kappa shape index (κ2) is 5.18. The molecular formula is C15H21NS. The van der Waals surface area contributed by atoms with Gasteiger partial charge in [-0.15, -0.1) is 0 Å². The lowest BCUT2D eigenvalue weighted by Gasteiger charge is -2.09. The summed E-state index contributed by atoms with van der Waals surface area (Å²) in [6.07, 6.45) is 0. The van der Waals surface area contributed by atoms with Crippen molar-refractivity contribution in [1.82, 2.24) is 4.57 Å².